The lowest BCUT2D eigenvalue weighted by molar-refractivity contribution is -0.105. The van der Waals surface area contributed by atoms with Gasteiger partial charge in [0.05, 0.1) is 10.6 Å². The van der Waals surface area contributed by atoms with Crippen LogP contribution in [0.1, 0.15) is 12.8 Å². The molecule has 0 spiro atoms. The fourth-order valence-corrected chi connectivity index (χ4v) is 2.95. The van der Waals surface area contributed by atoms with Gasteiger partial charge in [-0.2, -0.15) is 0 Å². The van der Waals surface area contributed by atoms with Crippen molar-refractivity contribution >= 4 is 28.6 Å². The van der Waals surface area contributed by atoms with Crippen molar-refractivity contribution in [1.29, 1.82) is 0 Å². The third-order valence-corrected chi connectivity index (χ3v) is 4.26. The zero-order valence-electron chi connectivity index (χ0n) is 12.0. The van der Waals surface area contributed by atoms with Gasteiger partial charge < -0.3 is 10.6 Å². The first-order chi connectivity index (χ1) is 10.8. The van der Waals surface area contributed by atoms with Gasteiger partial charge in [0.2, 0.25) is 6.41 Å². The second kappa shape index (κ2) is 7.00. The molecule has 3 rings (SSSR count). The number of allylic oxidation sites excluding steroid dienone is 2. The minimum atomic E-state index is 0.584. The molecule has 112 valence electrons. The van der Waals surface area contributed by atoms with Gasteiger partial charge in [-0.05, 0) is 24.5 Å². The Balaban J connectivity index is 1.70. The summed E-state index contributed by atoms with van der Waals surface area (Å²) in [5, 5.41) is 6.53. The van der Waals surface area contributed by atoms with Gasteiger partial charge in [0.15, 0.2) is 5.13 Å². The Morgan fingerprint density at radius 2 is 2.23 bits per heavy atom. The molecule has 0 bridgehead atoms. The lowest BCUT2D eigenvalue weighted by Crippen LogP contribution is -2.05. The van der Waals surface area contributed by atoms with Crippen molar-refractivity contribution in [2.45, 2.75) is 12.8 Å². The molecule has 0 atom stereocenters. The summed E-state index contributed by atoms with van der Waals surface area (Å²) in [7, 11) is 0. The number of carbonyl (C=O) groups excluding carboxylic acids is 1. The average molecular weight is 312 g/mol. The van der Waals surface area contributed by atoms with Crippen molar-refractivity contribution in [2.75, 3.05) is 17.2 Å². The van der Waals surface area contributed by atoms with E-state index in [1.165, 1.54) is 16.9 Å². The molecule has 6 heteroatoms. The smallest absolute Gasteiger partial charge is 0.213 e. The van der Waals surface area contributed by atoms with Gasteiger partial charge in [0, 0.05) is 30.7 Å². The van der Waals surface area contributed by atoms with E-state index in [0.717, 1.165) is 35.5 Å². The molecule has 0 radical (unpaired) electrons. The van der Waals surface area contributed by atoms with Crippen LogP contribution in [0, 0.1) is 0 Å². The number of thiazole rings is 1. The number of anilines is 2. The van der Waals surface area contributed by atoms with Gasteiger partial charge in [-0.1, -0.05) is 29.6 Å². The Morgan fingerprint density at radius 3 is 3.05 bits per heavy atom. The number of hydrogen-bond donors (Lipinski definition) is 2. The van der Waals surface area contributed by atoms with Gasteiger partial charge in [-0.3, -0.25) is 9.78 Å². The highest BCUT2D eigenvalue weighted by atomic mass is 32.1. The second-order valence-electron chi connectivity index (χ2n) is 4.87. The van der Waals surface area contributed by atoms with Crippen LogP contribution in [0.15, 0.2) is 48.5 Å². The largest absolute Gasteiger partial charge is 0.380 e. The van der Waals surface area contributed by atoms with Crippen LogP contribution in [0.5, 0.6) is 0 Å². The Morgan fingerprint density at radius 1 is 1.27 bits per heavy atom. The summed E-state index contributed by atoms with van der Waals surface area (Å²) >= 11 is 1.42. The van der Waals surface area contributed by atoms with E-state index in [4.69, 9.17) is 0 Å². The van der Waals surface area contributed by atoms with Gasteiger partial charge in [-0.15, -0.1) is 0 Å². The highest BCUT2D eigenvalue weighted by Crippen LogP contribution is 2.29. The summed E-state index contributed by atoms with van der Waals surface area (Å²) in [4.78, 5) is 19.8. The summed E-state index contributed by atoms with van der Waals surface area (Å²) in [6.07, 6.45) is 14.8. The zero-order valence-corrected chi connectivity index (χ0v) is 12.8. The molecular weight excluding hydrogens is 296 g/mol. The summed E-state index contributed by atoms with van der Waals surface area (Å²) in [5.74, 6) is 0. The van der Waals surface area contributed by atoms with E-state index in [9.17, 15) is 4.79 Å². The number of carbonyl (C=O) groups is 1. The lowest BCUT2D eigenvalue weighted by Gasteiger charge is -2.10. The van der Waals surface area contributed by atoms with E-state index < -0.39 is 0 Å². The lowest BCUT2D eigenvalue weighted by atomic mass is 10.1. The number of pyridine rings is 1. The number of rotatable bonds is 6. The highest BCUT2D eigenvalue weighted by molar-refractivity contribution is 7.19. The second-order valence-corrected chi connectivity index (χ2v) is 5.90. The third kappa shape index (κ3) is 3.59. The third-order valence-electron chi connectivity index (χ3n) is 3.28. The molecule has 5 nitrogen and oxygen atoms in total. The number of amides is 1. The van der Waals surface area contributed by atoms with Crippen LogP contribution < -0.4 is 10.6 Å². The molecule has 0 saturated carbocycles. The summed E-state index contributed by atoms with van der Waals surface area (Å²) in [6, 6.07) is 2.04. The van der Waals surface area contributed by atoms with E-state index in [2.05, 4.69) is 38.8 Å². The SMILES string of the molecule is O=CNc1ncc(-c2cncc(NCC3=CCCC=C3)c2)s1. The van der Waals surface area contributed by atoms with E-state index in [1.54, 1.807) is 12.4 Å². The summed E-state index contributed by atoms with van der Waals surface area (Å²) < 4.78 is 0. The minimum Gasteiger partial charge on any atom is -0.380 e. The molecule has 0 aliphatic heterocycles. The van der Waals surface area contributed by atoms with E-state index in [0.29, 0.717) is 11.5 Å². The van der Waals surface area contributed by atoms with Crippen molar-refractivity contribution in [3.63, 3.8) is 0 Å². The molecule has 2 aromatic rings. The highest BCUT2D eigenvalue weighted by Gasteiger charge is 2.06. The molecule has 0 fully saturated rings. The van der Waals surface area contributed by atoms with Crippen molar-refractivity contribution < 1.29 is 4.79 Å². The molecular formula is C16H16N4OS. The van der Waals surface area contributed by atoms with Crippen molar-refractivity contribution in [2.24, 2.45) is 0 Å². The molecule has 2 N–H and O–H groups in total. The summed E-state index contributed by atoms with van der Waals surface area (Å²) in [5.41, 5.74) is 3.25. The molecule has 0 saturated heterocycles. The first-order valence-electron chi connectivity index (χ1n) is 7.06. The van der Waals surface area contributed by atoms with Crippen molar-refractivity contribution in [3.8, 4) is 10.4 Å². The number of hydrogen-bond acceptors (Lipinski definition) is 5. The fourth-order valence-electron chi connectivity index (χ4n) is 2.20. The predicted octanol–water partition coefficient (Wildman–Crippen LogP) is 3.46. The van der Waals surface area contributed by atoms with Crippen LogP contribution in [-0.2, 0) is 4.79 Å². The van der Waals surface area contributed by atoms with Crippen LogP contribution in [0.4, 0.5) is 10.8 Å². The molecule has 1 amide bonds. The van der Waals surface area contributed by atoms with Crippen LogP contribution in [0.25, 0.3) is 10.4 Å². The van der Waals surface area contributed by atoms with Crippen LogP contribution in [0.2, 0.25) is 0 Å². The van der Waals surface area contributed by atoms with Gasteiger partial charge in [0.1, 0.15) is 0 Å². The van der Waals surface area contributed by atoms with E-state index in [-0.39, 0.29) is 0 Å². The van der Waals surface area contributed by atoms with Crippen LogP contribution >= 0.6 is 11.3 Å². The molecule has 22 heavy (non-hydrogen) atoms. The Bertz CT molecular complexity index is 720. The topological polar surface area (TPSA) is 66.9 Å². The van der Waals surface area contributed by atoms with Gasteiger partial charge in [-0.25, -0.2) is 4.98 Å². The first kappa shape index (κ1) is 14.5. The molecule has 0 aromatic carbocycles. The quantitative estimate of drug-likeness (QED) is 0.802. The predicted molar refractivity (Wildman–Crippen MR) is 90.0 cm³/mol. The van der Waals surface area contributed by atoms with E-state index >= 15 is 0 Å². The maximum atomic E-state index is 10.4. The standard InChI is InChI=1S/C16H16N4OS/c21-11-20-16-19-10-15(22-16)13-6-14(9-17-8-13)18-7-12-4-2-1-3-5-12/h2,4-6,8-11,18H,1,3,7H2,(H,19,20,21). The molecule has 2 heterocycles. The van der Waals surface area contributed by atoms with E-state index in [1.807, 2.05) is 12.3 Å². The van der Waals surface area contributed by atoms with Crippen molar-refractivity contribution in [1.82, 2.24) is 9.97 Å². The Labute approximate surface area is 132 Å². The zero-order chi connectivity index (χ0) is 15.2. The molecule has 1 aliphatic carbocycles. The monoisotopic (exact) mass is 312 g/mol. The van der Waals surface area contributed by atoms with Crippen LogP contribution in [0.3, 0.4) is 0 Å². The molecule has 0 unspecified atom stereocenters. The fraction of sp³-hybridized carbons (Fsp3) is 0.188. The van der Waals surface area contributed by atoms with Crippen molar-refractivity contribution in [3.05, 3.63) is 48.5 Å². The van der Waals surface area contributed by atoms with Gasteiger partial charge >= 0.3 is 0 Å². The average Bonchev–Trinajstić information content (AvgIpc) is 3.03. The number of aromatic nitrogens is 2. The molecule has 2 aromatic heterocycles. The maximum Gasteiger partial charge on any atom is 0.213 e. The minimum absolute atomic E-state index is 0.584. The molecule has 1 aliphatic rings. The van der Waals surface area contributed by atoms with Gasteiger partial charge in [0.25, 0.3) is 0 Å². The Kier molecular flexibility index (Phi) is 4.60. The Hall–Kier alpha value is -2.47. The number of nitrogens with zero attached hydrogens (tertiary/aromatic N) is 2. The van der Waals surface area contributed by atoms with Crippen LogP contribution in [-0.4, -0.2) is 22.9 Å². The first-order valence-corrected chi connectivity index (χ1v) is 7.87. The maximum absolute atomic E-state index is 10.4. The normalized spacial score (nSPS) is 13.5. The number of nitrogens with one attached hydrogen (secondary N) is 2. The summed E-state index contributed by atoms with van der Waals surface area (Å²) in [6.45, 7) is 0.794.